The van der Waals surface area contributed by atoms with E-state index < -0.39 is 24.4 Å². The van der Waals surface area contributed by atoms with Crippen molar-refractivity contribution in [1.82, 2.24) is 10.6 Å². The van der Waals surface area contributed by atoms with Gasteiger partial charge in [-0.3, -0.25) is 9.59 Å². The molecule has 0 atom stereocenters. The molecule has 1 aliphatic rings. The topological polar surface area (TPSA) is 70.2 Å². The summed E-state index contributed by atoms with van der Waals surface area (Å²) in [5, 5.41) is 7.33. The Kier molecular flexibility index (Phi) is 6.52. The van der Waals surface area contributed by atoms with Gasteiger partial charge in [0, 0.05) is 28.8 Å². The zero-order valence-electron chi connectivity index (χ0n) is 16.9. The van der Waals surface area contributed by atoms with Gasteiger partial charge in [0.25, 0.3) is 5.91 Å². The Labute approximate surface area is 177 Å². The lowest BCUT2D eigenvalue weighted by Crippen LogP contribution is -2.36. The highest BCUT2D eigenvalue weighted by molar-refractivity contribution is 5.95. The lowest BCUT2D eigenvalue weighted by molar-refractivity contribution is -0.123. The number of amides is 2. The molecule has 0 bridgehead atoms. The fourth-order valence-electron chi connectivity index (χ4n) is 3.29. The van der Waals surface area contributed by atoms with Gasteiger partial charge in [-0.1, -0.05) is 30.3 Å². The highest BCUT2D eigenvalue weighted by atomic mass is 19.4. The molecule has 0 saturated heterocycles. The fourth-order valence-corrected chi connectivity index (χ4v) is 3.29. The lowest BCUT2D eigenvalue weighted by Gasteiger charge is -2.17. The highest BCUT2D eigenvalue weighted by Crippen LogP contribution is 2.47. The number of nitrogens with one attached hydrogen (secondary N) is 3. The van der Waals surface area contributed by atoms with Crippen LogP contribution in [0.4, 0.5) is 23.2 Å². The Morgan fingerprint density at radius 2 is 1.74 bits per heavy atom. The van der Waals surface area contributed by atoms with E-state index in [0.29, 0.717) is 6.54 Å². The van der Waals surface area contributed by atoms with E-state index in [0.717, 1.165) is 18.9 Å². The summed E-state index contributed by atoms with van der Waals surface area (Å²) in [7, 11) is 0. The standard InChI is InChI=1S/C22H23F4N3O2/c1-14-17(23)9-15(20(31)29-13-22(24,25)26)10-18(14)27-11-19(30)28-12-21(7-8-21)16-5-3-2-4-6-16/h2-6,9-10,27H,7-8,11-13H2,1H3,(H,28,30)(H,29,31). The van der Waals surface area contributed by atoms with E-state index in [4.69, 9.17) is 0 Å². The first-order chi connectivity index (χ1) is 14.6. The first-order valence-electron chi connectivity index (χ1n) is 9.81. The van der Waals surface area contributed by atoms with E-state index in [-0.39, 0.29) is 34.7 Å². The van der Waals surface area contributed by atoms with Gasteiger partial charge in [-0.05, 0) is 37.5 Å². The molecule has 0 spiro atoms. The number of benzene rings is 2. The van der Waals surface area contributed by atoms with E-state index in [2.05, 4.69) is 10.6 Å². The first kappa shape index (κ1) is 22.6. The summed E-state index contributed by atoms with van der Waals surface area (Å²) in [6.45, 7) is 0.237. The van der Waals surface area contributed by atoms with Gasteiger partial charge in [-0.15, -0.1) is 0 Å². The summed E-state index contributed by atoms with van der Waals surface area (Å²) in [5.74, 6) is -2.13. The number of rotatable bonds is 8. The van der Waals surface area contributed by atoms with Crippen LogP contribution >= 0.6 is 0 Å². The van der Waals surface area contributed by atoms with E-state index in [1.807, 2.05) is 30.3 Å². The molecule has 0 aromatic heterocycles. The van der Waals surface area contributed by atoms with Crippen LogP contribution in [0.1, 0.15) is 34.3 Å². The Morgan fingerprint density at radius 1 is 1.06 bits per heavy atom. The Bertz CT molecular complexity index is 957. The minimum absolute atomic E-state index is 0.0601. The summed E-state index contributed by atoms with van der Waals surface area (Å²) in [4.78, 5) is 24.2. The highest BCUT2D eigenvalue weighted by Gasteiger charge is 2.44. The van der Waals surface area contributed by atoms with Crippen molar-refractivity contribution in [3.05, 3.63) is 65.0 Å². The fraction of sp³-hybridized carbons (Fsp3) is 0.364. The third-order valence-corrected chi connectivity index (χ3v) is 5.36. The second-order valence-electron chi connectivity index (χ2n) is 7.71. The molecule has 3 rings (SSSR count). The molecule has 166 valence electrons. The van der Waals surface area contributed by atoms with Crippen molar-refractivity contribution in [3.63, 3.8) is 0 Å². The molecule has 9 heteroatoms. The second kappa shape index (κ2) is 8.95. The summed E-state index contributed by atoms with van der Waals surface area (Å²) in [5.41, 5.74) is 1.16. The normalized spacial score (nSPS) is 14.6. The smallest absolute Gasteiger partial charge is 0.376 e. The first-order valence-corrected chi connectivity index (χ1v) is 9.81. The van der Waals surface area contributed by atoms with Gasteiger partial charge in [-0.2, -0.15) is 13.2 Å². The van der Waals surface area contributed by atoms with Gasteiger partial charge in [0.2, 0.25) is 5.91 Å². The number of halogens is 4. The van der Waals surface area contributed by atoms with Crippen molar-refractivity contribution in [3.8, 4) is 0 Å². The van der Waals surface area contributed by atoms with E-state index in [1.54, 1.807) is 5.32 Å². The number of alkyl halides is 3. The summed E-state index contributed by atoms with van der Waals surface area (Å²) in [6, 6.07) is 12.0. The van der Waals surface area contributed by atoms with Gasteiger partial charge < -0.3 is 16.0 Å². The van der Waals surface area contributed by atoms with Crippen molar-refractivity contribution in [2.24, 2.45) is 0 Å². The molecule has 3 N–H and O–H groups in total. The molecule has 0 unspecified atom stereocenters. The van der Waals surface area contributed by atoms with Gasteiger partial charge in [0.05, 0.1) is 6.54 Å². The Hall–Kier alpha value is -3.10. The maximum Gasteiger partial charge on any atom is 0.405 e. The summed E-state index contributed by atoms with van der Waals surface area (Å²) in [6.07, 6.45) is -2.62. The van der Waals surface area contributed by atoms with Crippen molar-refractivity contribution in [2.75, 3.05) is 25.0 Å². The van der Waals surface area contributed by atoms with Gasteiger partial charge in [0.1, 0.15) is 12.4 Å². The molecule has 2 aromatic rings. The maximum atomic E-state index is 14.2. The maximum absolute atomic E-state index is 14.2. The number of hydrogen-bond acceptors (Lipinski definition) is 3. The largest absolute Gasteiger partial charge is 0.405 e. The Morgan fingerprint density at radius 3 is 2.35 bits per heavy atom. The quantitative estimate of drug-likeness (QED) is 0.552. The molecule has 31 heavy (non-hydrogen) atoms. The molecule has 2 aromatic carbocycles. The van der Waals surface area contributed by atoms with Crippen LogP contribution in [0.3, 0.4) is 0 Å². The zero-order valence-corrected chi connectivity index (χ0v) is 16.9. The van der Waals surface area contributed by atoms with E-state index >= 15 is 0 Å². The average molecular weight is 437 g/mol. The molecule has 0 radical (unpaired) electrons. The van der Waals surface area contributed by atoms with Crippen molar-refractivity contribution in [1.29, 1.82) is 0 Å². The third kappa shape index (κ3) is 5.96. The van der Waals surface area contributed by atoms with Crippen molar-refractivity contribution in [2.45, 2.75) is 31.4 Å². The number of anilines is 1. The molecule has 2 amide bonds. The van der Waals surface area contributed by atoms with Crippen LogP contribution in [0, 0.1) is 12.7 Å². The Balaban J connectivity index is 1.57. The summed E-state index contributed by atoms with van der Waals surface area (Å²) < 4.78 is 51.0. The molecule has 1 aliphatic carbocycles. The van der Waals surface area contributed by atoms with Gasteiger partial charge >= 0.3 is 6.18 Å². The number of carbonyl (C=O) groups is 2. The van der Waals surface area contributed by atoms with Crippen molar-refractivity contribution >= 4 is 17.5 Å². The predicted octanol–water partition coefficient (Wildman–Crippen LogP) is 3.69. The predicted molar refractivity (Wildman–Crippen MR) is 108 cm³/mol. The minimum atomic E-state index is -4.57. The zero-order chi connectivity index (χ0) is 22.6. The molecule has 1 fully saturated rings. The van der Waals surface area contributed by atoms with Crippen LogP contribution in [-0.4, -0.2) is 37.6 Å². The van der Waals surface area contributed by atoms with E-state index in [9.17, 15) is 27.2 Å². The summed E-state index contributed by atoms with van der Waals surface area (Å²) >= 11 is 0. The molecular weight excluding hydrogens is 414 g/mol. The second-order valence-corrected chi connectivity index (χ2v) is 7.71. The van der Waals surface area contributed by atoms with Crippen LogP contribution in [-0.2, 0) is 10.2 Å². The molecule has 0 aliphatic heterocycles. The van der Waals surface area contributed by atoms with Crippen LogP contribution in [0.5, 0.6) is 0 Å². The molecule has 5 nitrogen and oxygen atoms in total. The van der Waals surface area contributed by atoms with Crippen molar-refractivity contribution < 1.29 is 27.2 Å². The SMILES string of the molecule is Cc1c(F)cc(C(=O)NCC(F)(F)F)cc1NCC(=O)NCC1(c2ccccc2)CC1. The van der Waals surface area contributed by atoms with Gasteiger partial charge in [-0.25, -0.2) is 4.39 Å². The third-order valence-electron chi connectivity index (χ3n) is 5.36. The number of carbonyl (C=O) groups excluding carboxylic acids is 2. The van der Waals surface area contributed by atoms with Crippen LogP contribution < -0.4 is 16.0 Å². The van der Waals surface area contributed by atoms with Crippen LogP contribution in [0.2, 0.25) is 0 Å². The van der Waals surface area contributed by atoms with Crippen LogP contribution in [0.25, 0.3) is 0 Å². The molecule has 0 heterocycles. The number of hydrogen-bond donors (Lipinski definition) is 3. The molecular formula is C22H23F4N3O2. The van der Waals surface area contributed by atoms with E-state index in [1.165, 1.54) is 18.6 Å². The molecule has 1 saturated carbocycles. The van der Waals surface area contributed by atoms with Crippen LogP contribution in [0.15, 0.2) is 42.5 Å². The van der Waals surface area contributed by atoms with Gasteiger partial charge in [0.15, 0.2) is 0 Å². The minimum Gasteiger partial charge on any atom is -0.376 e. The lowest BCUT2D eigenvalue weighted by atomic mass is 9.96. The monoisotopic (exact) mass is 437 g/mol. The average Bonchev–Trinajstić information content (AvgIpc) is 3.53.